The summed E-state index contributed by atoms with van der Waals surface area (Å²) in [6.07, 6.45) is -1.07. The average Bonchev–Trinajstić information content (AvgIpc) is 2.93. The van der Waals surface area contributed by atoms with Crippen LogP contribution in [0.1, 0.15) is 23.2 Å². The third kappa shape index (κ3) is 4.43. The molecule has 0 aliphatic heterocycles. The first-order valence-corrected chi connectivity index (χ1v) is 8.42. The van der Waals surface area contributed by atoms with Crippen LogP contribution >= 0.6 is 0 Å². The van der Waals surface area contributed by atoms with Crippen LogP contribution in [-0.2, 0) is 19.6 Å². The number of esters is 1. The van der Waals surface area contributed by atoms with Gasteiger partial charge in [-0.3, -0.25) is 4.79 Å². The second kappa shape index (κ2) is 6.85. The van der Waals surface area contributed by atoms with Gasteiger partial charge in [0.05, 0.1) is 4.90 Å². The van der Waals surface area contributed by atoms with Gasteiger partial charge in [-0.1, -0.05) is 0 Å². The van der Waals surface area contributed by atoms with Gasteiger partial charge in [0.2, 0.25) is 15.8 Å². The number of hydrogen-bond donors (Lipinski definition) is 2. The summed E-state index contributed by atoms with van der Waals surface area (Å²) in [5.74, 6) is -0.774. The monoisotopic (exact) mass is 352 g/mol. The number of benzene rings is 1. The fourth-order valence-corrected chi connectivity index (χ4v) is 2.30. The fourth-order valence-electron chi connectivity index (χ4n) is 1.79. The molecule has 9 heteroatoms. The molecule has 1 aromatic carbocycles. The summed E-state index contributed by atoms with van der Waals surface area (Å²) in [6, 6.07) is 8.33. The van der Waals surface area contributed by atoms with E-state index in [4.69, 9.17) is 14.3 Å². The molecule has 0 saturated heterocycles. The number of carbonyl (C=O) groups is 2. The highest BCUT2D eigenvalue weighted by Gasteiger charge is 2.21. The van der Waals surface area contributed by atoms with Gasteiger partial charge in [0, 0.05) is 5.69 Å². The van der Waals surface area contributed by atoms with Crippen molar-refractivity contribution >= 4 is 27.6 Å². The Balaban J connectivity index is 1.97. The zero-order valence-electron chi connectivity index (χ0n) is 13.0. The number of nitrogens with two attached hydrogens (primary N) is 1. The summed E-state index contributed by atoms with van der Waals surface area (Å²) in [5.41, 5.74) is 0.337. The Morgan fingerprint density at radius 1 is 1.17 bits per heavy atom. The van der Waals surface area contributed by atoms with Crippen LogP contribution in [-0.4, -0.2) is 26.4 Å². The molecular weight excluding hydrogens is 336 g/mol. The van der Waals surface area contributed by atoms with E-state index in [0.29, 0.717) is 11.4 Å². The zero-order valence-corrected chi connectivity index (χ0v) is 13.8. The van der Waals surface area contributed by atoms with Crippen molar-refractivity contribution < 1.29 is 27.2 Å². The predicted octanol–water partition coefficient (Wildman–Crippen LogP) is 1.42. The number of nitrogens with one attached hydrogen (secondary N) is 1. The van der Waals surface area contributed by atoms with Crippen molar-refractivity contribution in [2.24, 2.45) is 5.14 Å². The van der Waals surface area contributed by atoms with Crippen LogP contribution in [0, 0.1) is 6.92 Å². The normalized spacial score (nSPS) is 12.5. The van der Waals surface area contributed by atoms with E-state index in [0.717, 1.165) is 0 Å². The lowest BCUT2D eigenvalue weighted by Crippen LogP contribution is -2.29. The summed E-state index contributed by atoms with van der Waals surface area (Å²) in [5, 5.41) is 7.49. The molecule has 1 atom stereocenters. The molecule has 0 saturated carbocycles. The van der Waals surface area contributed by atoms with Gasteiger partial charge in [-0.2, -0.15) is 0 Å². The van der Waals surface area contributed by atoms with Crippen LogP contribution in [0.5, 0.6) is 0 Å². The van der Waals surface area contributed by atoms with E-state index in [1.165, 1.54) is 37.3 Å². The summed E-state index contributed by atoms with van der Waals surface area (Å²) in [7, 11) is -3.80. The quantitative estimate of drug-likeness (QED) is 0.783. The van der Waals surface area contributed by atoms with E-state index in [9.17, 15) is 18.0 Å². The van der Waals surface area contributed by atoms with Crippen LogP contribution in [0.25, 0.3) is 0 Å². The van der Waals surface area contributed by atoms with Crippen molar-refractivity contribution in [2.45, 2.75) is 24.8 Å². The molecule has 1 amide bonds. The molecule has 0 fully saturated rings. The zero-order chi connectivity index (χ0) is 17.9. The first kappa shape index (κ1) is 17.7. The van der Waals surface area contributed by atoms with E-state index in [-0.39, 0.29) is 10.7 Å². The highest BCUT2D eigenvalue weighted by molar-refractivity contribution is 7.89. The van der Waals surface area contributed by atoms with Crippen LogP contribution in [0.2, 0.25) is 0 Å². The van der Waals surface area contributed by atoms with E-state index >= 15 is 0 Å². The standard InChI is InChI=1S/C15H16N2O6S/c1-9-3-8-13(22-9)15(19)23-10(2)14(18)17-11-4-6-12(7-5-11)24(16,20)21/h3-8,10H,1-2H3,(H,17,18)(H2,16,20,21)/t10-/m1/s1. The maximum Gasteiger partial charge on any atom is 0.375 e. The van der Waals surface area contributed by atoms with Gasteiger partial charge < -0.3 is 14.5 Å². The van der Waals surface area contributed by atoms with E-state index < -0.39 is 28.0 Å². The fraction of sp³-hybridized carbons (Fsp3) is 0.200. The number of furan rings is 1. The SMILES string of the molecule is Cc1ccc(C(=O)O[C@H](C)C(=O)Nc2ccc(S(N)(=O)=O)cc2)o1. The Hall–Kier alpha value is -2.65. The van der Waals surface area contributed by atoms with Gasteiger partial charge in [0.15, 0.2) is 6.10 Å². The van der Waals surface area contributed by atoms with Gasteiger partial charge in [0.1, 0.15) is 5.76 Å². The number of sulfonamides is 1. The van der Waals surface area contributed by atoms with E-state index in [2.05, 4.69) is 5.32 Å². The number of hydrogen-bond acceptors (Lipinski definition) is 6. The minimum absolute atomic E-state index is 0.00431. The lowest BCUT2D eigenvalue weighted by molar-refractivity contribution is -0.123. The molecule has 24 heavy (non-hydrogen) atoms. The molecule has 0 spiro atoms. The second-order valence-electron chi connectivity index (χ2n) is 5.02. The van der Waals surface area contributed by atoms with E-state index in [1.54, 1.807) is 13.0 Å². The number of rotatable bonds is 5. The molecule has 8 nitrogen and oxygen atoms in total. The maximum atomic E-state index is 12.0. The number of ether oxygens (including phenoxy) is 1. The molecule has 0 bridgehead atoms. The van der Waals surface area contributed by atoms with Crippen LogP contribution in [0.3, 0.4) is 0 Å². The van der Waals surface area contributed by atoms with Crippen molar-refractivity contribution in [2.75, 3.05) is 5.32 Å². The molecule has 0 aliphatic carbocycles. The largest absolute Gasteiger partial charge is 0.454 e. The Kier molecular flexibility index (Phi) is 5.05. The van der Waals surface area contributed by atoms with Gasteiger partial charge in [0.25, 0.3) is 5.91 Å². The minimum Gasteiger partial charge on any atom is -0.454 e. The molecule has 1 aromatic heterocycles. The molecule has 2 aromatic rings. The minimum atomic E-state index is -3.80. The summed E-state index contributed by atoms with van der Waals surface area (Å²) >= 11 is 0. The Morgan fingerprint density at radius 3 is 2.29 bits per heavy atom. The first-order valence-electron chi connectivity index (χ1n) is 6.88. The van der Waals surface area contributed by atoms with Crippen molar-refractivity contribution in [3.8, 4) is 0 Å². The van der Waals surface area contributed by atoms with Crippen LogP contribution in [0.4, 0.5) is 5.69 Å². The first-order chi connectivity index (χ1) is 11.2. The maximum absolute atomic E-state index is 12.0. The average molecular weight is 352 g/mol. The van der Waals surface area contributed by atoms with Gasteiger partial charge in [-0.05, 0) is 50.2 Å². The van der Waals surface area contributed by atoms with E-state index in [1.807, 2.05) is 0 Å². The van der Waals surface area contributed by atoms with Crippen molar-refractivity contribution in [1.82, 2.24) is 0 Å². The van der Waals surface area contributed by atoms with Crippen molar-refractivity contribution in [1.29, 1.82) is 0 Å². The smallest absolute Gasteiger partial charge is 0.375 e. The van der Waals surface area contributed by atoms with Crippen molar-refractivity contribution in [3.05, 3.63) is 47.9 Å². The van der Waals surface area contributed by atoms with Gasteiger partial charge >= 0.3 is 5.97 Å². The molecule has 0 radical (unpaired) electrons. The molecule has 128 valence electrons. The Bertz CT molecular complexity index is 854. The lowest BCUT2D eigenvalue weighted by atomic mass is 10.3. The van der Waals surface area contributed by atoms with Crippen LogP contribution < -0.4 is 10.5 Å². The topological polar surface area (TPSA) is 129 Å². The number of primary sulfonamides is 1. The van der Waals surface area contributed by atoms with Gasteiger partial charge in [-0.25, -0.2) is 18.4 Å². The second-order valence-corrected chi connectivity index (χ2v) is 6.58. The Labute approximate surface area is 138 Å². The molecule has 0 unspecified atom stereocenters. The predicted molar refractivity (Wildman–Crippen MR) is 84.8 cm³/mol. The van der Waals surface area contributed by atoms with Crippen LogP contribution in [0.15, 0.2) is 45.7 Å². The van der Waals surface area contributed by atoms with Crippen molar-refractivity contribution in [3.63, 3.8) is 0 Å². The number of carbonyl (C=O) groups excluding carboxylic acids is 2. The molecular formula is C15H16N2O6S. The summed E-state index contributed by atoms with van der Waals surface area (Å²) < 4.78 is 32.4. The highest BCUT2D eigenvalue weighted by Crippen LogP contribution is 2.14. The summed E-state index contributed by atoms with van der Waals surface area (Å²) in [6.45, 7) is 3.08. The number of amides is 1. The number of aryl methyl sites for hydroxylation is 1. The third-order valence-electron chi connectivity index (χ3n) is 3.04. The molecule has 3 N–H and O–H groups in total. The molecule has 1 heterocycles. The third-order valence-corrected chi connectivity index (χ3v) is 3.97. The van der Waals surface area contributed by atoms with Gasteiger partial charge in [-0.15, -0.1) is 0 Å². The lowest BCUT2D eigenvalue weighted by Gasteiger charge is -2.13. The molecule has 0 aliphatic rings. The highest BCUT2D eigenvalue weighted by atomic mass is 32.2. The Morgan fingerprint density at radius 2 is 1.79 bits per heavy atom. The number of anilines is 1. The molecule has 2 rings (SSSR count). The summed E-state index contributed by atoms with van der Waals surface area (Å²) in [4.78, 5) is 23.7.